The molecular formula is C25H29N5O4S. The number of imidazole rings is 1. The number of nitrogens with one attached hydrogen (secondary N) is 3. The molecule has 3 rings (SSSR count). The molecule has 9 nitrogen and oxygen atoms in total. The van der Waals surface area contributed by atoms with Crippen molar-refractivity contribution in [3.05, 3.63) is 71.5 Å². The molecule has 35 heavy (non-hydrogen) atoms. The Kier molecular flexibility index (Phi) is 8.91. The first kappa shape index (κ1) is 25.8. The summed E-state index contributed by atoms with van der Waals surface area (Å²) < 4.78 is 7.51. The highest BCUT2D eigenvalue weighted by molar-refractivity contribution is 7.99. The second-order valence-electron chi connectivity index (χ2n) is 8.22. The average Bonchev–Trinajstić information content (AvgIpc) is 3.24. The molecule has 0 aliphatic heterocycles. The molecule has 0 spiro atoms. The van der Waals surface area contributed by atoms with E-state index in [-0.39, 0.29) is 24.2 Å². The first-order chi connectivity index (χ1) is 16.7. The van der Waals surface area contributed by atoms with E-state index in [0.717, 1.165) is 16.3 Å². The molecule has 0 bridgehead atoms. The fraction of sp³-hybridized carbons (Fsp3) is 0.280. The lowest BCUT2D eigenvalue weighted by molar-refractivity contribution is -0.123. The van der Waals surface area contributed by atoms with Crippen LogP contribution in [0.15, 0.2) is 60.0 Å². The fourth-order valence-electron chi connectivity index (χ4n) is 3.14. The normalized spacial score (nSPS) is 10.7. The van der Waals surface area contributed by atoms with Crippen molar-refractivity contribution in [2.24, 2.45) is 7.05 Å². The van der Waals surface area contributed by atoms with Gasteiger partial charge in [0.2, 0.25) is 5.91 Å². The van der Waals surface area contributed by atoms with Crippen LogP contribution in [0.4, 0.5) is 5.69 Å². The Hall–Kier alpha value is -3.79. The van der Waals surface area contributed by atoms with Crippen molar-refractivity contribution in [2.75, 3.05) is 17.7 Å². The van der Waals surface area contributed by atoms with Crippen LogP contribution in [0.2, 0.25) is 0 Å². The summed E-state index contributed by atoms with van der Waals surface area (Å²) in [6, 6.07) is 12.2. The Morgan fingerprint density at radius 3 is 2.46 bits per heavy atom. The summed E-state index contributed by atoms with van der Waals surface area (Å²) in [6.45, 7) is 5.82. The van der Waals surface area contributed by atoms with Crippen LogP contribution in [-0.2, 0) is 16.6 Å². The van der Waals surface area contributed by atoms with Crippen molar-refractivity contribution in [3.63, 3.8) is 0 Å². The van der Waals surface area contributed by atoms with E-state index in [4.69, 9.17) is 4.74 Å². The van der Waals surface area contributed by atoms with Gasteiger partial charge >= 0.3 is 0 Å². The SMILES string of the molecule is Cc1ccc(C(C)C)c(OCC(=O)NNC(=O)c2ccc(NC(=O)CSc3nccn3C)cc2)c1. The lowest BCUT2D eigenvalue weighted by atomic mass is 10.0. The molecule has 0 atom stereocenters. The van der Waals surface area contributed by atoms with Gasteiger partial charge in [0.1, 0.15) is 5.75 Å². The number of aryl methyl sites for hydroxylation is 2. The summed E-state index contributed by atoms with van der Waals surface area (Å²) in [7, 11) is 1.86. The Bertz CT molecular complexity index is 1190. The van der Waals surface area contributed by atoms with Crippen molar-refractivity contribution in [1.29, 1.82) is 0 Å². The Labute approximate surface area is 208 Å². The van der Waals surface area contributed by atoms with E-state index in [9.17, 15) is 14.4 Å². The highest BCUT2D eigenvalue weighted by atomic mass is 32.2. The molecule has 1 aromatic heterocycles. The van der Waals surface area contributed by atoms with Gasteiger partial charge in [-0.2, -0.15) is 0 Å². The van der Waals surface area contributed by atoms with Crippen LogP contribution in [0.5, 0.6) is 5.75 Å². The molecule has 0 fully saturated rings. The zero-order chi connectivity index (χ0) is 25.4. The van der Waals surface area contributed by atoms with Crippen LogP contribution in [0.3, 0.4) is 0 Å². The predicted molar refractivity (Wildman–Crippen MR) is 135 cm³/mol. The fourth-order valence-corrected chi connectivity index (χ4v) is 3.88. The minimum atomic E-state index is -0.486. The smallest absolute Gasteiger partial charge is 0.276 e. The molecule has 2 aromatic carbocycles. The Balaban J connectivity index is 1.44. The van der Waals surface area contributed by atoms with Crippen molar-refractivity contribution >= 4 is 35.2 Å². The van der Waals surface area contributed by atoms with Crippen LogP contribution in [0.25, 0.3) is 0 Å². The summed E-state index contributed by atoms with van der Waals surface area (Å²) >= 11 is 1.33. The number of aromatic nitrogens is 2. The minimum Gasteiger partial charge on any atom is -0.483 e. The highest BCUT2D eigenvalue weighted by Gasteiger charge is 2.12. The lowest BCUT2D eigenvalue weighted by Crippen LogP contribution is -2.43. The number of thioether (sulfide) groups is 1. The summed E-state index contributed by atoms with van der Waals surface area (Å²) in [5, 5.41) is 3.52. The van der Waals surface area contributed by atoms with Gasteiger partial charge < -0.3 is 14.6 Å². The highest BCUT2D eigenvalue weighted by Crippen LogP contribution is 2.27. The summed E-state index contributed by atoms with van der Waals surface area (Å²) in [5.74, 6) is -0.0408. The van der Waals surface area contributed by atoms with E-state index in [1.54, 1.807) is 30.5 Å². The number of carbonyl (C=O) groups is 3. The quantitative estimate of drug-likeness (QED) is 0.310. The number of rotatable bonds is 9. The van der Waals surface area contributed by atoms with Crippen LogP contribution in [-0.4, -0.2) is 39.6 Å². The minimum absolute atomic E-state index is 0.184. The predicted octanol–water partition coefficient (Wildman–Crippen LogP) is 3.42. The number of benzene rings is 2. The number of hydrogen-bond donors (Lipinski definition) is 3. The van der Waals surface area contributed by atoms with E-state index >= 15 is 0 Å². The molecule has 10 heteroatoms. The maximum Gasteiger partial charge on any atom is 0.276 e. The molecule has 3 amide bonds. The topological polar surface area (TPSA) is 114 Å². The number of hydrazine groups is 1. The van der Waals surface area contributed by atoms with Crippen molar-refractivity contribution in [3.8, 4) is 5.75 Å². The van der Waals surface area contributed by atoms with E-state index < -0.39 is 11.8 Å². The molecule has 0 aliphatic rings. The Morgan fingerprint density at radius 1 is 1.06 bits per heavy atom. The third kappa shape index (κ3) is 7.61. The molecule has 0 saturated carbocycles. The van der Waals surface area contributed by atoms with Gasteiger partial charge in [0.15, 0.2) is 11.8 Å². The zero-order valence-corrected chi connectivity index (χ0v) is 20.9. The van der Waals surface area contributed by atoms with E-state index in [1.807, 2.05) is 42.9 Å². The molecule has 3 aromatic rings. The third-order valence-corrected chi connectivity index (χ3v) is 6.06. The molecular weight excluding hydrogens is 466 g/mol. The first-order valence-corrected chi connectivity index (χ1v) is 12.0. The summed E-state index contributed by atoms with van der Waals surface area (Å²) in [4.78, 5) is 40.8. The summed E-state index contributed by atoms with van der Waals surface area (Å²) in [6.07, 6.45) is 3.48. The maximum atomic E-state index is 12.3. The van der Waals surface area contributed by atoms with Crippen LogP contribution in [0.1, 0.15) is 41.3 Å². The first-order valence-electron chi connectivity index (χ1n) is 11.1. The largest absolute Gasteiger partial charge is 0.483 e. The van der Waals surface area contributed by atoms with Crippen molar-refractivity contribution in [1.82, 2.24) is 20.4 Å². The third-order valence-electron chi connectivity index (χ3n) is 5.01. The average molecular weight is 496 g/mol. The van der Waals surface area contributed by atoms with Crippen molar-refractivity contribution in [2.45, 2.75) is 31.8 Å². The zero-order valence-electron chi connectivity index (χ0n) is 20.1. The van der Waals surface area contributed by atoms with Gasteiger partial charge in [-0.15, -0.1) is 0 Å². The molecule has 184 valence electrons. The monoisotopic (exact) mass is 495 g/mol. The van der Waals surface area contributed by atoms with E-state index in [2.05, 4.69) is 35.0 Å². The van der Waals surface area contributed by atoms with Gasteiger partial charge in [0.05, 0.1) is 5.75 Å². The number of ether oxygens (including phenoxy) is 1. The number of nitrogens with zero attached hydrogens (tertiary/aromatic N) is 2. The van der Waals surface area contributed by atoms with E-state index in [0.29, 0.717) is 17.0 Å². The van der Waals surface area contributed by atoms with E-state index in [1.165, 1.54) is 11.8 Å². The Morgan fingerprint density at radius 2 is 1.80 bits per heavy atom. The number of amides is 3. The van der Waals surface area contributed by atoms with Gasteiger partial charge in [-0.25, -0.2) is 4.98 Å². The standard InChI is InChI=1S/C25H29N5O4S/c1-16(2)20-10-5-17(3)13-21(20)34-14-22(31)28-29-24(33)18-6-8-19(9-7-18)27-23(32)15-35-25-26-11-12-30(25)4/h5-13,16H,14-15H2,1-4H3,(H,27,32)(H,28,31)(H,29,33). The lowest BCUT2D eigenvalue weighted by Gasteiger charge is -2.15. The number of hydrogen-bond acceptors (Lipinski definition) is 6. The van der Waals surface area contributed by atoms with Gasteiger partial charge in [0.25, 0.3) is 11.8 Å². The molecule has 3 N–H and O–H groups in total. The number of anilines is 1. The van der Waals surface area contributed by atoms with Gasteiger partial charge in [-0.05, 0) is 54.3 Å². The second kappa shape index (κ2) is 12.1. The molecule has 0 unspecified atom stereocenters. The molecule has 0 radical (unpaired) electrons. The van der Waals surface area contributed by atoms with Gasteiger partial charge in [0, 0.05) is 30.7 Å². The molecule has 1 heterocycles. The van der Waals surface area contributed by atoms with Crippen molar-refractivity contribution < 1.29 is 19.1 Å². The second-order valence-corrected chi connectivity index (χ2v) is 9.16. The van der Waals surface area contributed by atoms with Gasteiger partial charge in [-0.3, -0.25) is 25.2 Å². The van der Waals surface area contributed by atoms with Crippen LogP contribution < -0.4 is 20.9 Å². The van der Waals surface area contributed by atoms with Crippen LogP contribution in [0, 0.1) is 6.92 Å². The molecule has 0 aliphatic carbocycles. The van der Waals surface area contributed by atoms with Crippen LogP contribution >= 0.6 is 11.8 Å². The summed E-state index contributed by atoms with van der Waals surface area (Å²) in [5.41, 5.74) is 7.65. The van der Waals surface area contributed by atoms with Gasteiger partial charge in [-0.1, -0.05) is 37.7 Å². The molecule has 0 saturated heterocycles. The number of carbonyl (C=O) groups excluding carboxylic acids is 3. The maximum absolute atomic E-state index is 12.3.